The highest BCUT2D eigenvalue weighted by molar-refractivity contribution is 6.28. The lowest BCUT2D eigenvalue weighted by Gasteiger charge is -2.14. The highest BCUT2D eigenvalue weighted by Gasteiger charge is 2.24. The Kier molecular flexibility index (Phi) is 2.60. The predicted molar refractivity (Wildman–Crippen MR) is 76.6 cm³/mol. The zero-order valence-corrected chi connectivity index (χ0v) is 11.4. The fraction of sp³-hybridized carbons (Fsp3) is 0.214. The average molecular weight is 287 g/mol. The van der Waals surface area contributed by atoms with E-state index in [9.17, 15) is 0 Å². The third-order valence-corrected chi connectivity index (χ3v) is 3.92. The van der Waals surface area contributed by atoms with Crippen LogP contribution in [0, 0.1) is 0 Å². The number of aryl methyl sites for hydroxylation is 1. The van der Waals surface area contributed by atoms with Crippen molar-refractivity contribution >= 4 is 28.6 Å². The Morgan fingerprint density at radius 3 is 3.15 bits per heavy atom. The molecule has 0 unspecified atom stereocenters. The summed E-state index contributed by atoms with van der Waals surface area (Å²) >= 11 is 5.97. The minimum atomic E-state index is 0.238. The number of hydrogen-bond donors (Lipinski definition) is 2. The molecule has 0 radical (unpaired) electrons. The van der Waals surface area contributed by atoms with Crippen LogP contribution in [0.25, 0.3) is 11.2 Å². The summed E-state index contributed by atoms with van der Waals surface area (Å²) < 4.78 is 0. The molecule has 3 aromatic rings. The standard InChI is InChI=1S/C14H12ClN5/c15-14-19-12-11(16-7-17-12)13(20-14)18-10-6-5-8-3-1-2-4-9(8)10/h1-4,7,10H,5-6H2,(H2,16,17,18,19,20)/p+1/t10-/m0/s1. The second-order valence-corrected chi connectivity index (χ2v) is 5.27. The van der Waals surface area contributed by atoms with Crippen molar-refractivity contribution in [2.24, 2.45) is 0 Å². The van der Waals surface area contributed by atoms with Gasteiger partial charge in [0.1, 0.15) is 0 Å². The van der Waals surface area contributed by atoms with Gasteiger partial charge in [0, 0.05) is 0 Å². The van der Waals surface area contributed by atoms with E-state index < -0.39 is 0 Å². The Morgan fingerprint density at radius 1 is 1.30 bits per heavy atom. The zero-order valence-electron chi connectivity index (χ0n) is 10.7. The largest absolute Gasteiger partial charge is 0.360 e. The predicted octanol–water partition coefficient (Wildman–Crippen LogP) is 2.52. The monoisotopic (exact) mass is 286 g/mol. The van der Waals surface area contributed by atoms with E-state index >= 15 is 0 Å². The van der Waals surface area contributed by atoms with Gasteiger partial charge in [-0.3, -0.25) is 4.98 Å². The molecule has 0 spiro atoms. The number of hydrogen-bond acceptors (Lipinski definition) is 3. The maximum absolute atomic E-state index is 5.97. The molecule has 1 aliphatic carbocycles. The third kappa shape index (κ3) is 1.82. The smallest absolute Gasteiger partial charge is 0.306 e. The first-order valence-corrected chi connectivity index (χ1v) is 6.96. The van der Waals surface area contributed by atoms with Gasteiger partial charge in [0.05, 0.1) is 6.04 Å². The van der Waals surface area contributed by atoms with Gasteiger partial charge >= 0.3 is 10.9 Å². The fourth-order valence-corrected chi connectivity index (χ4v) is 3.00. The van der Waals surface area contributed by atoms with Crippen LogP contribution in [-0.2, 0) is 6.42 Å². The molecular weight excluding hydrogens is 274 g/mol. The molecule has 0 fully saturated rings. The molecule has 0 amide bonds. The van der Waals surface area contributed by atoms with E-state index in [0.29, 0.717) is 5.65 Å². The lowest BCUT2D eigenvalue weighted by molar-refractivity contribution is -0.347. The Bertz CT molecular complexity index is 782. The van der Waals surface area contributed by atoms with Gasteiger partial charge in [-0.25, -0.2) is 4.98 Å². The van der Waals surface area contributed by atoms with Crippen molar-refractivity contribution in [2.45, 2.75) is 18.9 Å². The van der Waals surface area contributed by atoms with Gasteiger partial charge in [-0.15, -0.1) is 0 Å². The summed E-state index contributed by atoms with van der Waals surface area (Å²) in [5, 5.41) is 3.72. The van der Waals surface area contributed by atoms with Crippen molar-refractivity contribution in [3.8, 4) is 0 Å². The van der Waals surface area contributed by atoms with Crippen LogP contribution in [0.3, 0.4) is 0 Å². The van der Waals surface area contributed by atoms with E-state index in [1.54, 1.807) is 6.33 Å². The molecule has 2 aromatic heterocycles. The van der Waals surface area contributed by atoms with Crippen LogP contribution >= 0.6 is 11.6 Å². The quantitative estimate of drug-likeness (QED) is 0.711. The number of anilines is 1. The van der Waals surface area contributed by atoms with E-state index in [1.165, 1.54) is 11.1 Å². The van der Waals surface area contributed by atoms with Crippen molar-refractivity contribution in [2.75, 3.05) is 5.32 Å². The van der Waals surface area contributed by atoms with Gasteiger partial charge < -0.3 is 5.32 Å². The second kappa shape index (κ2) is 4.45. The molecule has 4 rings (SSSR count). The third-order valence-electron chi connectivity index (χ3n) is 3.75. The Labute approximate surface area is 120 Å². The number of aromatic amines is 2. The van der Waals surface area contributed by atoms with Gasteiger partial charge in [0.2, 0.25) is 5.52 Å². The number of nitrogens with zero attached hydrogens (tertiary/aromatic N) is 2. The van der Waals surface area contributed by atoms with Crippen LogP contribution in [0.2, 0.25) is 5.28 Å². The van der Waals surface area contributed by atoms with Crippen molar-refractivity contribution in [3.05, 3.63) is 47.0 Å². The maximum atomic E-state index is 5.97. The number of aromatic nitrogens is 4. The summed E-state index contributed by atoms with van der Waals surface area (Å²) in [5.74, 6) is 0.739. The van der Waals surface area contributed by atoms with Crippen LogP contribution in [-0.4, -0.2) is 15.0 Å². The number of nitrogens with one attached hydrogen (secondary N) is 3. The first-order chi connectivity index (χ1) is 9.81. The Balaban J connectivity index is 1.74. The van der Waals surface area contributed by atoms with Gasteiger partial charge in [-0.05, 0) is 35.6 Å². The van der Waals surface area contributed by atoms with Gasteiger partial charge in [-0.2, -0.15) is 4.98 Å². The number of rotatable bonds is 2. The summed E-state index contributed by atoms with van der Waals surface area (Å²) in [4.78, 5) is 14.6. The van der Waals surface area contributed by atoms with Crippen molar-refractivity contribution in [3.63, 3.8) is 0 Å². The van der Waals surface area contributed by atoms with Crippen molar-refractivity contribution in [1.82, 2.24) is 15.0 Å². The molecule has 0 aliphatic heterocycles. The summed E-state index contributed by atoms with van der Waals surface area (Å²) in [6, 6.07) is 8.77. The molecule has 1 atom stereocenters. The number of fused-ring (bicyclic) bond motifs is 2. The molecule has 0 saturated carbocycles. The van der Waals surface area contributed by atoms with E-state index in [0.717, 1.165) is 24.2 Å². The SMILES string of the molecule is Clc1nc(N[C@H]2CCc3ccccc32)c2[nH]c[nH+]c2n1. The second-order valence-electron chi connectivity index (χ2n) is 4.93. The van der Waals surface area contributed by atoms with E-state index in [4.69, 9.17) is 11.6 Å². The molecule has 3 N–H and O–H groups in total. The molecule has 20 heavy (non-hydrogen) atoms. The molecule has 100 valence electrons. The first kappa shape index (κ1) is 11.7. The van der Waals surface area contributed by atoms with E-state index in [-0.39, 0.29) is 11.3 Å². The minimum absolute atomic E-state index is 0.238. The Hall–Kier alpha value is -2.14. The van der Waals surface area contributed by atoms with Crippen LogP contribution in [0.4, 0.5) is 5.82 Å². The number of halogens is 1. The van der Waals surface area contributed by atoms with Gasteiger partial charge in [0.25, 0.3) is 0 Å². The molecule has 5 nitrogen and oxygen atoms in total. The van der Waals surface area contributed by atoms with Crippen LogP contribution < -0.4 is 10.3 Å². The topological polar surface area (TPSA) is 67.7 Å². The average Bonchev–Trinajstić information content (AvgIpc) is 3.06. The number of H-pyrrole nitrogens is 2. The number of imidazole rings is 1. The van der Waals surface area contributed by atoms with Gasteiger partial charge in [-0.1, -0.05) is 29.2 Å². The molecular formula is C14H13ClN5+. The molecule has 6 heteroatoms. The maximum Gasteiger partial charge on any atom is 0.306 e. The number of benzene rings is 1. The fourth-order valence-electron chi connectivity index (χ4n) is 2.83. The molecule has 0 saturated heterocycles. The highest BCUT2D eigenvalue weighted by atomic mass is 35.5. The van der Waals surface area contributed by atoms with E-state index in [1.807, 2.05) is 0 Å². The van der Waals surface area contributed by atoms with Crippen LogP contribution in [0.1, 0.15) is 23.6 Å². The highest BCUT2D eigenvalue weighted by Crippen LogP contribution is 2.34. The lowest BCUT2D eigenvalue weighted by atomic mass is 10.1. The van der Waals surface area contributed by atoms with Crippen LogP contribution in [0.15, 0.2) is 30.6 Å². The van der Waals surface area contributed by atoms with Crippen LogP contribution in [0.5, 0.6) is 0 Å². The summed E-state index contributed by atoms with van der Waals surface area (Å²) in [5.41, 5.74) is 4.29. The molecule has 1 aliphatic rings. The van der Waals surface area contributed by atoms with Crippen molar-refractivity contribution < 1.29 is 4.98 Å². The normalized spacial score (nSPS) is 17.4. The molecule has 0 bridgehead atoms. The lowest BCUT2D eigenvalue weighted by Crippen LogP contribution is -2.10. The van der Waals surface area contributed by atoms with E-state index in [2.05, 4.69) is 49.5 Å². The Morgan fingerprint density at radius 2 is 2.20 bits per heavy atom. The molecule has 2 heterocycles. The zero-order chi connectivity index (χ0) is 13.5. The summed E-state index contributed by atoms with van der Waals surface area (Å²) in [6.45, 7) is 0. The van der Waals surface area contributed by atoms with Crippen molar-refractivity contribution in [1.29, 1.82) is 0 Å². The summed E-state index contributed by atoms with van der Waals surface area (Å²) in [6.07, 6.45) is 3.88. The molecule has 1 aromatic carbocycles. The minimum Gasteiger partial charge on any atom is -0.360 e. The van der Waals surface area contributed by atoms with Gasteiger partial charge in [0.15, 0.2) is 12.1 Å². The first-order valence-electron chi connectivity index (χ1n) is 6.58. The summed E-state index contributed by atoms with van der Waals surface area (Å²) in [7, 11) is 0.